The van der Waals surface area contributed by atoms with Gasteiger partial charge in [0.2, 0.25) is 0 Å². The first-order chi connectivity index (χ1) is 7.15. The average molecular weight is 207 g/mol. The fourth-order valence-electron chi connectivity index (χ4n) is 2.21. The van der Waals surface area contributed by atoms with Crippen LogP contribution in [0.5, 0.6) is 5.75 Å². The Morgan fingerprint density at radius 2 is 2.13 bits per heavy atom. The van der Waals surface area contributed by atoms with Crippen molar-refractivity contribution in [2.45, 2.75) is 19.3 Å². The van der Waals surface area contributed by atoms with Gasteiger partial charge in [0.1, 0.15) is 5.75 Å². The smallest absolute Gasteiger partial charge is 0.336 e. The highest BCUT2D eigenvalue weighted by Crippen LogP contribution is 2.37. The number of carboxylic acids is 1. The van der Waals surface area contributed by atoms with Crippen molar-refractivity contribution < 1.29 is 14.6 Å². The van der Waals surface area contributed by atoms with Gasteiger partial charge in [0.05, 0.1) is 18.4 Å². The van der Waals surface area contributed by atoms with Crippen molar-refractivity contribution >= 4 is 11.7 Å². The molecule has 0 fully saturated rings. The lowest BCUT2D eigenvalue weighted by Gasteiger charge is -2.12. The van der Waals surface area contributed by atoms with Gasteiger partial charge in [-0.1, -0.05) is 0 Å². The van der Waals surface area contributed by atoms with E-state index in [1.807, 2.05) is 0 Å². The molecule has 0 unspecified atom stereocenters. The van der Waals surface area contributed by atoms with E-state index in [-0.39, 0.29) is 0 Å². The summed E-state index contributed by atoms with van der Waals surface area (Å²) < 4.78 is 5.20. The standard InChI is InChI=1S/C11H13NO3/c1-15-10-7-4-2-3-6(7)8(11(13)14)5-9(10)12/h5H,2-4,12H2,1H3,(H,13,14). The molecule has 3 N–H and O–H groups in total. The number of fused-ring (bicyclic) bond motifs is 1. The van der Waals surface area contributed by atoms with Crippen LogP contribution in [0.25, 0.3) is 0 Å². The summed E-state index contributed by atoms with van der Waals surface area (Å²) in [6.07, 6.45) is 2.62. The summed E-state index contributed by atoms with van der Waals surface area (Å²) in [5, 5.41) is 9.04. The van der Waals surface area contributed by atoms with Gasteiger partial charge in [-0.15, -0.1) is 0 Å². The molecular formula is C11H13NO3. The van der Waals surface area contributed by atoms with Crippen LogP contribution in [-0.2, 0) is 12.8 Å². The largest absolute Gasteiger partial charge is 0.494 e. The number of anilines is 1. The number of ether oxygens (including phenoxy) is 1. The second-order valence-electron chi connectivity index (χ2n) is 3.66. The molecule has 0 saturated carbocycles. The number of benzene rings is 1. The number of nitrogen functional groups attached to an aromatic ring is 1. The predicted molar refractivity (Wildman–Crippen MR) is 56.4 cm³/mol. The third-order valence-corrected chi connectivity index (χ3v) is 2.81. The molecule has 0 spiro atoms. The molecule has 0 radical (unpaired) electrons. The summed E-state index contributed by atoms with van der Waals surface area (Å²) in [5.41, 5.74) is 8.34. The van der Waals surface area contributed by atoms with E-state index < -0.39 is 5.97 Å². The molecule has 0 aliphatic heterocycles. The SMILES string of the molecule is COc1c(N)cc(C(=O)O)c2c1CCC2. The molecule has 1 aliphatic carbocycles. The zero-order valence-electron chi connectivity index (χ0n) is 8.54. The lowest BCUT2D eigenvalue weighted by atomic mass is 10.0. The molecule has 80 valence electrons. The van der Waals surface area contributed by atoms with E-state index in [0.717, 1.165) is 30.4 Å². The van der Waals surface area contributed by atoms with Gasteiger partial charge in [-0.3, -0.25) is 0 Å². The van der Waals surface area contributed by atoms with Crippen molar-refractivity contribution in [3.63, 3.8) is 0 Å². The first kappa shape index (κ1) is 9.83. The number of nitrogens with two attached hydrogens (primary N) is 1. The number of rotatable bonds is 2. The Bertz CT molecular complexity index is 426. The topological polar surface area (TPSA) is 72.5 Å². The monoisotopic (exact) mass is 207 g/mol. The molecule has 1 aromatic carbocycles. The van der Waals surface area contributed by atoms with Crippen LogP contribution >= 0.6 is 0 Å². The van der Waals surface area contributed by atoms with Gasteiger partial charge in [-0.2, -0.15) is 0 Å². The zero-order chi connectivity index (χ0) is 11.0. The summed E-state index contributed by atoms with van der Waals surface area (Å²) in [5.74, 6) is -0.269. The van der Waals surface area contributed by atoms with Crippen LogP contribution in [0.2, 0.25) is 0 Å². The molecule has 4 nitrogen and oxygen atoms in total. The van der Waals surface area contributed by atoms with E-state index in [4.69, 9.17) is 15.6 Å². The van der Waals surface area contributed by atoms with E-state index >= 15 is 0 Å². The summed E-state index contributed by atoms with van der Waals surface area (Å²) in [6.45, 7) is 0. The first-order valence-corrected chi connectivity index (χ1v) is 4.86. The summed E-state index contributed by atoms with van der Waals surface area (Å²) in [7, 11) is 1.56. The lowest BCUT2D eigenvalue weighted by molar-refractivity contribution is 0.0696. The summed E-state index contributed by atoms with van der Waals surface area (Å²) >= 11 is 0. The Balaban J connectivity index is 2.68. The highest BCUT2D eigenvalue weighted by atomic mass is 16.5. The average Bonchev–Trinajstić information content (AvgIpc) is 2.64. The highest BCUT2D eigenvalue weighted by Gasteiger charge is 2.24. The molecule has 4 heteroatoms. The van der Waals surface area contributed by atoms with Crippen LogP contribution in [0.3, 0.4) is 0 Å². The number of methoxy groups -OCH3 is 1. The summed E-state index contributed by atoms with van der Waals surface area (Å²) in [4.78, 5) is 11.0. The number of aromatic carboxylic acids is 1. The van der Waals surface area contributed by atoms with Crippen molar-refractivity contribution in [3.05, 3.63) is 22.8 Å². The molecule has 0 bridgehead atoms. The zero-order valence-corrected chi connectivity index (χ0v) is 8.54. The highest BCUT2D eigenvalue weighted by molar-refractivity contribution is 5.92. The summed E-state index contributed by atoms with van der Waals surface area (Å²) in [6, 6.07) is 1.49. The molecule has 0 atom stereocenters. The number of hydrogen-bond donors (Lipinski definition) is 2. The quantitative estimate of drug-likeness (QED) is 0.720. The van der Waals surface area contributed by atoms with Crippen LogP contribution < -0.4 is 10.5 Å². The second-order valence-corrected chi connectivity index (χ2v) is 3.66. The molecule has 2 rings (SSSR count). The Morgan fingerprint density at radius 3 is 2.73 bits per heavy atom. The van der Waals surface area contributed by atoms with Crippen molar-refractivity contribution in [3.8, 4) is 5.75 Å². The molecule has 0 heterocycles. The van der Waals surface area contributed by atoms with Gasteiger partial charge in [0.15, 0.2) is 0 Å². The second kappa shape index (κ2) is 3.46. The van der Waals surface area contributed by atoms with Gasteiger partial charge in [-0.05, 0) is 30.9 Å². The van der Waals surface area contributed by atoms with Gasteiger partial charge < -0.3 is 15.6 Å². The molecule has 1 aromatic rings. The fourth-order valence-corrected chi connectivity index (χ4v) is 2.21. The van der Waals surface area contributed by atoms with Crippen LogP contribution in [0.1, 0.15) is 27.9 Å². The van der Waals surface area contributed by atoms with Gasteiger partial charge in [0, 0.05) is 5.56 Å². The molecule has 15 heavy (non-hydrogen) atoms. The minimum atomic E-state index is -0.914. The van der Waals surface area contributed by atoms with Crippen LogP contribution in [0, 0.1) is 0 Å². The first-order valence-electron chi connectivity index (χ1n) is 4.86. The van der Waals surface area contributed by atoms with E-state index in [9.17, 15) is 4.79 Å². The molecule has 0 amide bonds. The lowest BCUT2D eigenvalue weighted by Crippen LogP contribution is -2.06. The van der Waals surface area contributed by atoms with Crippen molar-refractivity contribution in [2.75, 3.05) is 12.8 Å². The maximum absolute atomic E-state index is 11.0. The van der Waals surface area contributed by atoms with E-state index in [1.165, 1.54) is 6.07 Å². The van der Waals surface area contributed by atoms with E-state index in [2.05, 4.69) is 0 Å². The number of carboxylic acid groups (broad SMARTS) is 1. The van der Waals surface area contributed by atoms with Gasteiger partial charge in [-0.25, -0.2) is 4.79 Å². The molecular weight excluding hydrogens is 194 g/mol. The Morgan fingerprint density at radius 1 is 1.47 bits per heavy atom. The van der Waals surface area contributed by atoms with E-state index in [0.29, 0.717) is 17.0 Å². The predicted octanol–water partition coefficient (Wildman–Crippen LogP) is 1.46. The Kier molecular flexibility index (Phi) is 2.26. The van der Waals surface area contributed by atoms with Crippen LogP contribution in [0.4, 0.5) is 5.69 Å². The van der Waals surface area contributed by atoms with Gasteiger partial charge in [0.25, 0.3) is 0 Å². The fraction of sp³-hybridized carbons (Fsp3) is 0.364. The number of carbonyl (C=O) groups is 1. The van der Waals surface area contributed by atoms with Crippen molar-refractivity contribution in [2.24, 2.45) is 0 Å². The minimum Gasteiger partial charge on any atom is -0.494 e. The maximum atomic E-state index is 11.0. The third-order valence-electron chi connectivity index (χ3n) is 2.81. The normalized spacial score (nSPS) is 13.7. The van der Waals surface area contributed by atoms with Crippen LogP contribution in [0.15, 0.2) is 6.07 Å². The maximum Gasteiger partial charge on any atom is 0.336 e. The molecule has 0 aromatic heterocycles. The van der Waals surface area contributed by atoms with Crippen molar-refractivity contribution in [1.29, 1.82) is 0 Å². The third kappa shape index (κ3) is 1.42. The molecule has 1 aliphatic rings. The Labute approximate surface area is 87.7 Å². The van der Waals surface area contributed by atoms with Gasteiger partial charge >= 0.3 is 5.97 Å². The van der Waals surface area contributed by atoms with Crippen molar-refractivity contribution in [1.82, 2.24) is 0 Å². The van der Waals surface area contributed by atoms with E-state index in [1.54, 1.807) is 7.11 Å². The van der Waals surface area contributed by atoms with Crippen LogP contribution in [-0.4, -0.2) is 18.2 Å². The Hall–Kier alpha value is -1.71. The molecule has 0 saturated heterocycles. The minimum absolute atomic E-state index is 0.320. The number of hydrogen-bond acceptors (Lipinski definition) is 3.